The van der Waals surface area contributed by atoms with E-state index < -0.39 is 7.82 Å². The number of phosphoric acid groups is 1. The van der Waals surface area contributed by atoms with Gasteiger partial charge in [0.1, 0.15) is 0 Å². The van der Waals surface area contributed by atoms with Crippen LogP contribution >= 0.6 is 7.82 Å². The Hall–Kier alpha value is 0.0700. The Morgan fingerprint density at radius 2 is 1.40 bits per heavy atom. The fraction of sp³-hybridized carbons (Fsp3) is 1.00. The molecule has 0 aliphatic rings. The molecule has 4 N–H and O–H groups in total. The zero-order valence-electron chi connectivity index (χ0n) is 5.93. The normalized spacial score (nSPS) is 10.7. The van der Waals surface area contributed by atoms with E-state index in [0.717, 1.165) is 0 Å². The highest BCUT2D eigenvalue weighted by Gasteiger charge is 2.00. The number of hydrogen-bond donors (Lipinski definition) is 4. The van der Waals surface area contributed by atoms with Crippen LogP contribution in [0.5, 0.6) is 0 Å². The van der Waals surface area contributed by atoms with Gasteiger partial charge in [-0.1, -0.05) is 13.8 Å². The minimum atomic E-state index is -4.64. The van der Waals surface area contributed by atoms with Gasteiger partial charge in [0.2, 0.25) is 0 Å². The van der Waals surface area contributed by atoms with Gasteiger partial charge in [0.15, 0.2) is 0 Å². The molecule has 0 spiro atoms. The molecular formula is C4H13O5P. The molecule has 0 unspecified atom stereocenters. The molecule has 0 aliphatic carbocycles. The zero-order chi connectivity index (χ0) is 8.78. The van der Waals surface area contributed by atoms with E-state index in [0.29, 0.717) is 12.5 Å². The second kappa shape index (κ2) is 5.82. The van der Waals surface area contributed by atoms with Crippen molar-refractivity contribution in [3.05, 3.63) is 0 Å². The molecule has 6 heteroatoms. The van der Waals surface area contributed by atoms with Gasteiger partial charge >= 0.3 is 7.82 Å². The Morgan fingerprint density at radius 3 is 1.40 bits per heavy atom. The fourth-order valence-electron chi connectivity index (χ4n) is 0. The summed E-state index contributed by atoms with van der Waals surface area (Å²) < 4.78 is 8.88. The van der Waals surface area contributed by atoms with E-state index in [1.54, 1.807) is 0 Å². The van der Waals surface area contributed by atoms with Crippen LogP contribution in [0.4, 0.5) is 0 Å². The summed E-state index contributed by atoms with van der Waals surface area (Å²) in [5.41, 5.74) is 0. The summed E-state index contributed by atoms with van der Waals surface area (Å²) in [5, 5.41) is 8.14. The van der Waals surface area contributed by atoms with Crippen LogP contribution in [0.1, 0.15) is 13.8 Å². The van der Waals surface area contributed by atoms with E-state index in [1.165, 1.54) is 0 Å². The first-order chi connectivity index (χ1) is 4.27. The van der Waals surface area contributed by atoms with Crippen molar-refractivity contribution in [1.29, 1.82) is 0 Å². The first-order valence-corrected chi connectivity index (χ1v) is 4.23. The number of aliphatic hydroxyl groups excluding tert-OH is 1. The third kappa shape index (κ3) is 94.1. The molecule has 10 heavy (non-hydrogen) atoms. The van der Waals surface area contributed by atoms with Gasteiger partial charge in [0.25, 0.3) is 0 Å². The molecule has 5 nitrogen and oxygen atoms in total. The molecule has 0 aromatic rings. The van der Waals surface area contributed by atoms with Gasteiger partial charge in [0.05, 0.1) is 0 Å². The molecule has 0 fully saturated rings. The monoisotopic (exact) mass is 172 g/mol. The molecule has 0 saturated carbocycles. The van der Waals surface area contributed by atoms with Crippen molar-refractivity contribution in [2.45, 2.75) is 13.8 Å². The van der Waals surface area contributed by atoms with Crippen LogP contribution in [-0.4, -0.2) is 26.4 Å². The van der Waals surface area contributed by atoms with Gasteiger partial charge in [0, 0.05) is 6.61 Å². The summed E-state index contributed by atoms with van der Waals surface area (Å²) in [7, 11) is -4.64. The molecule has 0 atom stereocenters. The summed E-state index contributed by atoms with van der Waals surface area (Å²) in [5.74, 6) is 0.440. The lowest BCUT2D eigenvalue weighted by atomic mass is 10.2. The number of rotatable bonds is 1. The average molecular weight is 172 g/mol. The first kappa shape index (κ1) is 12.7. The number of aliphatic hydroxyl groups is 1. The third-order valence-electron chi connectivity index (χ3n) is 0.365. The Balaban J connectivity index is 0. The predicted molar refractivity (Wildman–Crippen MR) is 36.2 cm³/mol. The van der Waals surface area contributed by atoms with Gasteiger partial charge in [-0.3, -0.25) is 0 Å². The Kier molecular flexibility index (Phi) is 7.41. The second-order valence-corrected chi connectivity index (χ2v) is 3.12. The molecule has 0 rings (SSSR count). The van der Waals surface area contributed by atoms with E-state index >= 15 is 0 Å². The highest BCUT2D eigenvalue weighted by atomic mass is 31.2. The van der Waals surface area contributed by atoms with E-state index in [-0.39, 0.29) is 0 Å². The van der Waals surface area contributed by atoms with E-state index in [1.807, 2.05) is 13.8 Å². The molecule has 0 radical (unpaired) electrons. The molecule has 0 saturated heterocycles. The lowest BCUT2D eigenvalue weighted by Gasteiger charge is -1.90. The smallest absolute Gasteiger partial charge is 0.396 e. The van der Waals surface area contributed by atoms with Crippen molar-refractivity contribution in [2.24, 2.45) is 5.92 Å². The summed E-state index contributed by atoms with van der Waals surface area (Å²) in [6.45, 7) is 4.25. The maximum absolute atomic E-state index is 8.88. The molecule has 0 aromatic heterocycles. The average Bonchev–Trinajstić information content (AvgIpc) is 1.61. The third-order valence-corrected chi connectivity index (χ3v) is 0.365. The molecule has 0 heterocycles. The van der Waals surface area contributed by atoms with Crippen LogP contribution in [0.2, 0.25) is 0 Å². The largest absolute Gasteiger partial charge is 0.466 e. The standard InChI is InChI=1S/C4H10O.H3O4P/c1-4(2)3-5;1-5(2,3)4/h4-5H,3H2,1-2H3;(H3,1,2,3,4). The van der Waals surface area contributed by atoms with Gasteiger partial charge in [-0.05, 0) is 5.92 Å². The van der Waals surface area contributed by atoms with Gasteiger partial charge in [-0.15, -0.1) is 0 Å². The Bertz CT molecular complexity index is 98.0. The molecule has 0 aromatic carbocycles. The maximum Gasteiger partial charge on any atom is 0.466 e. The van der Waals surface area contributed by atoms with E-state index in [4.69, 9.17) is 24.4 Å². The Morgan fingerprint density at radius 1 is 1.30 bits per heavy atom. The molecule has 0 aliphatic heterocycles. The molecule has 0 amide bonds. The predicted octanol–water partition coefficient (Wildman–Crippen LogP) is -0.294. The molecule has 64 valence electrons. The van der Waals surface area contributed by atoms with Crippen LogP contribution < -0.4 is 0 Å². The lowest BCUT2D eigenvalue weighted by molar-refractivity contribution is 0.248. The summed E-state index contributed by atoms with van der Waals surface area (Å²) >= 11 is 0. The minimum Gasteiger partial charge on any atom is -0.396 e. The van der Waals surface area contributed by atoms with Crippen molar-refractivity contribution in [3.63, 3.8) is 0 Å². The Labute approximate surface area is 59.6 Å². The molecular weight excluding hydrogens is 159 g/mol. The highest BCUT2D eigenvalue weighted by molar-refractivity contribution is 7.45. The quantitative estimate of drug-likeness (QED) is 0.407. The van der Waals surface area contributed by atoms with Gasteiger partial charge in [-0.25, -0.2) is 4.57 Å². The topological polar surface area (TPSA) is 98.0 Å². The van der Waals surface area contributed by atoms with Crippen LogP contribution in [0, 0.1) is 5.92 Å². The minimum absolute atomic E-state index is 0.306. The summed E-state index contributed by atoms with van der Waals surface area (Å²) in [4.78, 5) is 21.6. The van der Waals surface area contributed by atoms with Crippen LogP contribution in [0.25, 0.3) is 0 Å². The lowest BCUT2D eigenvalue weighted by Crippen LogP contribution is -1.90. The van der Waals surface area contributed by atoms with Gasteiger partial charge in [-0.2, -0.15) is 0 Å². The van der Waals surface area contributed by atoms with Crippen molar-refractivity contribution in [1.82, 2.24) is 0 Å². The van der Waals surface area contributed by atoms with Crippen LogP contribution in [0.3, 0.4) is 0 Å². The highest BCUT2D eigenvalue weighted by Crippen LogP contribution is 2.25. The van der Waals surface area contributed by atoms with Gasteiger partial charge < -0.3 is 19.8 Å². The SMILES string of the molecule is CC(C)CO.O=P(O)(O)O. The fourth-order valence-corrected chi connectivity index (χ4v) is 0. The van der Waals surface area contributed by atoms with E-state index in [9.17, 15) is 0 Å². The maximum atomic E-state index is 8.88. The van der Waals surface area contributed by atoms with Crippen molar-refractivity contribution in [2.75, 3.05) is 6.61 Å². The first-order valence-electron chi connectivity index (χ1n) is 2.66. The van der Waals surface area contributed by atoms with Crippen molar-refractivity contribution < 1.29 is 24.4 Å². The van der Waals surface area contributed by atoms with Crippen molar-refractivity contribution >= 4 is 7.82 Å². The number of hydrogen-bond acceptors (Lipinski definition) is 2. The molecule has 0 bridgehead atoms. The second-order valence-electron chi connectivity index (χ2n) is 2.09. The summed E-state index contributed by atoms with van der Waals surface area (Å²) in [6, 6.07) is 0. The van der Waals surface area contributed by atoms with Crippen molar-refractivity contribution in [3.8, 4) is 0 Å². The van der Waals surface area contributed by atoms with E-state index in [2.05, 4.69) is 0 Å². The zero-order valence-corrected chi connectivity index (χ0v) is 6.82. The van der Waals surface area contributed by atoms with Crippen LogP contribution in [-0.2, 0) is 4.57 Å². The van der Waals surface area contributed by atoms with Crippen LogP contribution in [0.15, 0.2) is 0 Å². The summed E-state index contributed by atoms with van der Waals surface area (Å²) in [6.07, 6.45) is 0.